The summed E-state index contributed by atoms with van der Waals surface area (Å²) in [6.45, 7) is 1.89. The quantitative estimate of drug-likeness (QED) is 0.579. The number of phenols is 1. The van der Waals surface area contributed by atoms with Gasteiger partial charge in [0.15, 0.2) is 0 Å². The van der Waals surface area contributed by atoms with Crippen molar-refractivity contribution >= 4 is 21.7 Å². The molecule has 0 saturated heterocycles. The molecule has 7 nitrogen and oxygen atoms in total. The highest BCUT2D eigenvalue weighted by Gasteiger charge is 2.41. The minimum Gasteiger partial charge on any atom is -0.506 e. The third-order valence-corrected chi connectivity index (χ3v) is 5.36. The molecule has 1 fully saturated rings. The van der Waals surface area contributed by atoms with E-state index in [2.05, 4.69) is 4.72 Å². The Morgan fingerprint density at radius 2 is 2.09 bits per heavy atom. The third kappa shape index (κ3) is 4.14. The number of esters is 1. The zero-order valence-corrected chi connectivity index (χ0v) is 14.0. The molecule has 0 aromatic heterocycles. The fourth-order valence-electron chi connectivity index (χ4n) is 2.49. The van der Waals surface area contributed by atoms with Crippen molar-refractivity contribution in [1.82, 2.24) is 0 Å². The summed E-state index contributed by atoms with van der Waals surface area (Å²) in [4.78, 5) is 11.6. The largest absolute Gasteiger partial charge is 0.506 e. The van der Waals surface area contributed by atoms with Gasteiger partial charge in [0.2, 0.25) is 10.0 Å². The lowest BCUT2D eigenvalue weighted by molar-refractivity contribution is -0.0524. The Balaban J connectivity index is 2.11. The van der Waals surface area contributed by atoms with Gasteiger partial charge in [-0.25, -0.2) is 13.2 Å². The molecular weight excluding hydrogens is 322 g/mol. The van der Waals surface area contributed by atoms with E-state index in [1.54, 1.807) is 6.92 Å². The van der Waals surface area contributed by atoms with E-state index in [-0.39, 0.29) is 29.4 Å². The van der Waals surface area contributed by atoms with Crippen LogP contribution in [0.4, 0.5) is 5.69 Å². The number of hydrogen-bond acceptors (Lipinski definition) is 6. The maximum absolute atomic E-state index is 12.2. The molecule has 0 amide bonds. The number of aromatic hydroxyl groups is 1. The zero-order chi connectivity index (χ0) is 17.1. The van der Waals surface area contributed by atoms with Gasteiger partial charge >= 0.3 is 5.97 Å². The van der Waals surface area contributed by atoms with E-state index in [1.165, 1.54) is 25.3 Å². The molecule has 0 bridgehead atoms. The van der Waals surface area contributed by atoms with Gasteiger partial charge in [-0.05, 0) is 44.4 Å². The van der Waals surface area contributed by atoms with Crippen LogP contribution in [0.5, 0.6) is 5.75 Å². The summed E-state index contributed by atoms with van der Waals surface area (Å²) >= 11 is 0. The Morgan fingerprint density at radius 1 is 1.39 bits per heavy atom. The number of phenolic OH excluding ortho intramolecular Hbond substituents is 1. The summed E-state index contributed by atoms with van der Waals surface area (Å²) in [6, 6.07) is 3.90. The second-order valence-electron chi connectivity index (χ2n) is 5.55. The van der Waals surface area contributed by atoms with Crippen LogP contribution in [-0.4, -0.2) is 44.6 Å². The summed E-state index contributed by atoms with van der Waals surface area (Å²) in [5.74, 6) is -1.08. The number of carbonyl (C=O) groups is 1. The van der Waals surface area contributed by atoms with Crippen LogP contribution in [0.1, 0.15) is 36.5 Å². The van der Waals surface area contributed by atoms with Gasteiger partial charge in [0.25, 0.3) is 0 Å². The maximum Gasteiger partial charge on any atom is 0.338 e. The van der Waals surface area contributed by atoms with Crippen LogP contribution in [0.3, 0.4) is 0 Å². The van der Waals surface area contributed by atoms with Crippen molar-refractivity contribution in [2.75, 3.05) is 24.2 Å². The first-order valence-corrected chi connectivity index (χ1v) is 9.02. The van der Waals surface area contributed by atoms with Crippen LogP contribution < -0.4 is 4.72 Å². The first-order valence-electron chi connectivity index (χ1n) is 7.36. The minimum atomic E-state index is -3.68. The number of hydrogen-bond donors (Lipinski definition) is 2. The summed E-state index contributed by atoms with van der Waals surface area (Å²) < 4.78 is 37.0. The van der Waals surface area contributed by atoms with E-state index in [0.29, 0.717) is 12.8 Å². The van der Waals surface area contributed by atoms with E-state index in [9.17, 15) is 18.3 Å². The second kappa shape index (κ2) is 6.76. The minimum absolute atomic E-state index is 0.0172. The molecule has 23 heavy (non-hydrogen) atoms. The lowest BCUT2D eigenvalue weighted by atomic mass is 9.82. The predicted molar refractivity (Wildman–Crippen MR) is 85.1 cm³/mol. The molecule has 0 spiro atoms. The Bertz CT molecular complexity index is 676. The average Bonchev–Trinajstić information content (AvgIpc) is 2.45. The molecule has 1 aliphatic carbocycles. The molecular formula is C15H21NO6S. The molecule has 0 radical (unpaired) electrons. The van der Waals surface area contributed by atoms with Crippen LogP contribution in [0, 0.1) is 0 Å². The van der Waals surface area contributed by atoms with Gasteiger partial charge in [-0.3, -0.25) is 4.72 Å². The van der Waals surface area contributed by atoms with E-state index in [4.69, 9.17) is 9.47 Å². The molecule has 1 aromatic carbocycles. The smallest absolute Gasteiger partial charge is 0.338 e. The predicted octanol–water partition coefficient (Wildman–Crippen LogP) is 1.88. The van der Waals surface area contributed by atoms with Crippen LogP contribution in [-0.2, 0) is 19.5 Å². The number of rotatable bonds is 7. The van der Waals surface area contributed by atoms with E-state index >= 15 is 0 Å². The molecule has 0 unspecified atom stereocenters. The van der Waals surface area contributed by atoms with Crippen molar-refractivity contribution in [3.8, 4) is 5.75 Å². The van der Waals surface area contributed by atoms with Crippen LogP contribution in [0.15, 0.2) is 18.2 Å². The first-order chi connectivity index (χ1) is 10.8. The molecule has 1 aliphatic rings. The SMILES string of the molecule is CCOC(=O)c1ccc(NS(=O)(=O)CC2(OC)CCC2)c(O)c1. The lowest BCUT2D eigenvalue weighted by Crippen LogP contribution is -2.46. The van der Waals surface area contributed by atoms with Crippen molar-refractivity contribution in [2.24, 2.45) is 0 Å². The van der Waals surface area contributed by atoms with Crippen molar-refractivity contribution in [2.45, 2.75) is 31.8 Å². The van der Waals surface area contributed by atoms with Gasteiger partial charge in [0, 0.05) is 7.11 Å². The monoisotopic (exact) mass is 343 g/mol. The molecule has 2 N–H and O–H groups in total. The number of benzene rings is 1. The zero-order valence-electron chi connectivity index (χ0n) is 13.2. The van der Waals surface area contributed by atoms with Crippen molar-refractivity contribution in [3.05, 3.63) is 23.8 Å². The van der Waals surface area contributed by atoms with Crippen LogP contribution in [0.2, 0.25) is 0 Å². The topological polar surface area (TPSA) is 102 Å². The van der Waals surface area contributed by atoms with E-state index in [1.807, 2.05) is 0 Å². The lowest BCUT2D eigenvalue weighted by Gasteiger charge is -2.39. The number of ether oxygens (including phenoxy) is 2. The molecule has 8 heteroatoms. The Morgan fingerprint density at radius 3 is 2.57 bits per heavy atom. The molecule has 1 aromatic rings. The number of methoxy groups -OCH3 is 1. The van der Waals surface area contributed by atoms with Gasteiger partial charge in [0.05, 0.1) is 29.2 Å². The average molecular weight is 343 g/mol. The molecule has 1 saturated carbocycles. The van der Waals surface area contributed by atoms with Gasteiger partial charge in [-0.2, -0.15) is 0 Å². The second-order valence-corrected chi connectivity index (χ2v) is 7.28. The summed E-state index contributed by atoms with van der Waals surface area (Å²) in [7, 11) is -2.18. The number of sulfonamides is 1. The summed E-state index contributed by atoms with van der Waals surface area (Å²) in [6.07, 6.45) is 2.32. The van der Waals surface area contributed by atoms with Gasteiger partial charge in [-0.1, -0.05) is 0 Å². The third-order valence-electron chi connectivity index (χ3n) is 3.93. The molecule has 0 atom stereocenters. The van der Waals surface area contributed by atoms with Gasteiger partial charge in [0.1, 0.15) is 5.75 Å². The van der Waals surface area contributed by atoms with Gasteiger partial charge in [-0.15, -0.1) is 0 Å². The van der Waals surface area contributed by atoms with Gasteiger partial charge < -0.3 is 14.6 Å². The fourth-order valence-corrected chi connectivity index (χ4v) is 4.17. The highest BCUT2D eigenvalue weighted by Crippen LogP contribution is 2.37. The highest BCUT2D eigenvalue weighted by atomic mass is 32.2. The first kappa shape index (κ1) is 17.6. The molecule has 128 valence electrons. The van der Waals surface area contributed by atoms with Crippen molar-refractivity contribution in [3.63, 3.8) is 0 Å². The summed E-state index contributed by atoms with van der Waals surface area (Å²) in [5.41, 5.74) is -0.477. The number of nitrogens with one attached hydrogen (secondary N) is 1. The van der Waals surface area contributed by atoms with Crippen molar-refractivity contribution < 1.29 is 27.8 Å². The van der Waals surface area contributed by atoms with Crippen molar-refractivity contribution in [1.29, 1.82) is 0 Å². The maximum atomic E-state index is 12.2. The van der Waals surface area contributed by atoms with Crippen LogP contribution >= 0.6 is 0 Å². The molecule has 0 aliphatic heterocycles. The Hall–Kier alpha value is -1.80. The normalized spacial score (nSPS) is 16.4. The highest BCUT2D eigenvalue weighted by molar-refractivity contribution is 7.92. The molecule has 2 rings (SSSR count). The van der Waals surface area contributed by atoms with Crippen LogP contribution in [0.25, 0.3) is 0 Å². The standard InChI is InChI=1S/C15H21NO6S/c1-3-22-14(18)11-5-6-12(13(17)9-11)16-23(19,20)10-15(21-2)7-4-8-15/h5-6,9,16-17H,3-4,7-8,10H2,1-2H3. The fraction of sp³-hybridized carbons (Fsp3) is 0.533. The van der Waals surface area contributed by atoms with E-state index < -0.39 is 21.6 Å². The number of carbonyl (C=O) groups excluding carboxylic acids is 1. The number of anilines is 1. The Labute approximate surface area is 135 Å². The molecule has 0 heterocycles. The Kier molecular flexibility index (Phi) is 5.16. The summed E-state index contributed by atoms with van der Waals surface area (Å²) in [5, 5.41) is 9.93. The van der Waals surface area contributed by atoms with E-state index in [0.717, 1.165) is 6.42 Å².